The number of aryl methyl sites for hydroxylation is 2. The van der Waals surface area contributed by atoms with Crippen LogP contribution in [0.2, 0.25) is 0 Å². The molecule has 6 heteroatoms. The van der Waals surface area contributed by atoms with Crippen LogP contribution in [0.25, 0.3) is 0 Å². The summed E-state index contributed by atoms with van der Waals surface area (Å²) < 4.78 is 0. The Labute approximate surface area is 141 Å². The molecule has 0 fully saturated rings. The van der Waals surface area contributed by atoms with E-state index in [0.717, 1.165) is 35.1 Å². The molecule has 0 aliphatic carbocycles. The van der Waals surface area contributed by atoms with E-state index in [0.29, 0.717) is 5.11 Å². The molecule has 0 aliphatic rings. The number of thioether (sulfide) groups is 1. The minimum absolute atomic E-state index is 0.672. The fraction of sp³-hybridized carbons (Fsp3) is 0.375. The van der Waals surface area contributed by atoms with Gasteiger partial charge in [-0.05, 0) is 50.2 Å². The Kier molecular flexibility index (Phi) is 6.27. The molecule has 0 saturated heterocycles. The van der Waals surface area contributed by atoms with Gasteiger partial charge in [0.05, 0.1) is 12.0 Å². The fourth-order valence-electron chi connectivity index (χ4n) is 1.99. The summed E-state index contributed by atoms with van der Waals surface area (Å²) in [6.45, 7) is 7.09. The Bertz CT molecular complexity index is 637. The molecule has 0 unspecified atom stereocenters. The number of anilines is 1. The molecule has 0 radical (unpaired) electrons. The normalized spacial score (nSPS) is 10.5. The monoisotopic (exact) mass is 334 g/mol. The van der Waals surface area contributed by atoms with Crippen molar-refractivity contribution in [3.05, 3.63) is 47.0 Å². The predicted molar refractivity (Wildman–Crippen MR) is 99.6 cm³/mol. The molecule has 0 aliphatic heterocycles. The summed E-state index contributed by atoms with van der Waals surface area (Å²) in [5, 5.41) is 7.17. The average Bonchev–Trinajstić information content (AvgIpc) is 2.89. The van der Waals surface area contributed by atoms with Crippen molar-refractivity contribution in [2.75, 3.05) is 17.6 Å². The minimum atomic E-state index is 0.672. The van der Waals surface area contributed by atoms with Crippen LogP contribution in [0.4, 0.5) is 5.69 Å². The lowest BCUT2D eigenvalue weighted by atomic mass is 10.1. The summed E-state index contributed by atoms with van der Waals surface area (Å²) in [6, 6.07) is 6.19. The van der Waals surface area contributed by atoms with Gasteiger partial charge < -0.3 is 15.6 Å². The Morgan fingerprint density at radius 3 is 2.86 bits per heavy atom. The molecular formula is C16H22N4S2. The van der Waals surface area contributed by atoms with E-state index >= 15 is 0 Å². The van der Waals surface area contributed by atoms with Gasteiger partial charge in [0.15, 0.2) is 5.11 Å². The van der Waals surface area contributed by atoms with Gasteiger partial charge in [-0.25, -0.2) is 4.98 Å². The molecule has 118 valence electrons. The highest BCUT2D eigenvalue weighted by atomic mass is 32.2. The third-order valence-corrected chi connectivity index (χ3v) is 4.77. The average molecular weight is 335 g/mol. The summed E-state index contributed by atoms with van der Waals surface area (Å²) >= 11 is 7.19. The molecule has 2 rings (SSSR count). The second-order valence-corrected chi connectivity index (χ2v) is 6.67. The van der Waals surface area contributed by atoms with Crippen molar-refractivity contribution in [3.63, 3.8) is 0 Å². The molecule has 2 aromatic rings. The van der Waals surface area contributed by atoms with E-state index in [1.165, 1.54) is 11.1 Å². The quantitative estimate of drug-likeness (QED) is 0.557. The van der Waals surface area contributed by atoms with Crippen LogP contribution >= 0.6 is 24.0 Å². The Morgan fingerprint density at radius 1 is 1.32 bits per heavy atom. The third kappa shape index (κ3) is 4.74. The molecule has 1 aromatic carbocycles. The smallest absolute Gasteiger partial charge is 0.170 e. The summed E-state index contributed by atoms with van der Waals surface area (Å²) in [6.07, 6.45) is 1.74. The van der Waals surface area contributed by atoms with Crippen molar-refractivity contribution in [2.24, 2.45) is 0 Å². The first-order valence-corrected chi connectivity index (χ1v) is 8.82. The van der Waals surface area contributed by atoms with Crippen LogP contribution in [-0.4, -0.2) is 27.4 Å². The van der Waals surface area contributed by atoms with E-state index in [9.17, 15) is 0 Å². The highest BCUT2D eigenvalue weighted by molar-refractivity contribution is 7.98. The summed E-state index contributed by atoms with van der Waals surface area (Å²) in [5.74, 6) is 1.91. The van der Waals surface area contributed by atoms with Gasteiger partial charge in [0.25, 0.3) is 0 Å². The number of rotatable bonds is 6. The second kappa shape index (κ2) is 8.19. The lowest BCUT2D eigenvalue weighted by Crippen LogP contribution is -2.30. The van der Waals surface area contributed by atoms with Crippen LogP contribution in [0.1, 0.15) is 22.5 Å². The van der Waals surface area contributed by atoms with Gasteiger partial charge in [0.1, 0.15) is 0 Å². The molecule has 3 N–H and O–H groups in total. The summed E-state index contributed by atoms with van der Waals surface area (Å²) in [7, 11) is 0. The molecule has 0 atom stereocenters. The van der Waals surface area contributed by atoms with Gasteiger partial charge >= 0.3 is 0 Å². The standard InChI is InChI=1S/C16H22N4S2/c1-11-5-4-6-14(12(11)2)20-16(21)17-7-8-22-9-15-13(3)18-10-19-15/h4-6,10H,7-9H2,1-3H3,(H,18,19)(H2,17,20,21). The molecule has 22 heavy (non-hydrogen) atoms. The number of imidazole rings is 1. The third-order valence-electron chi connectivity index (χ3n) is 3.56. The van der Waals surface area contributed by atoms with Crippen molar-refractivity contribution in [1.82, 2.24) is 15.3 Å². The van der Waals surface area contributed by atoms with Gasteiger partial charge in [0, 0.05) is 29.4 Å². The van der Waals surface area contributed by atoms with E-state index < -0.39 is 0 Å². The number of H-pyrrole nitrogens is 1. The number of aromatic amines is 1. The number of nitrogens with one attached hydrogen (secondary N) is 3. The van der Waals surface area contributed by atoms with Gasteiger partial charge in [-0.3, -0.25) is 0 Å². The lowest BCUT2D eigenvalue weighted by Gasteiger charge is -2.13. The van der Waals surface area contributed by atoms with E-state index in [1.807, 2.05) is 30.8 Å². The molecule has 0 amide bonds. The van der Waals surface area contributed by atoms with Crippen LogP contribution in [-0.2, 0) is 5.75 Å². The maximum atomic E-state index is 5.34. The number of hydrogen-bond acceptors (Lipinski definition) is 3. The SMILES string of the molecule is Cc1cccc(NC(=S)NCCSCc2nc[nH]c2C)c1C. The zero-order chi connectivity index (χ0) is 15.9. The van der Waals surface area contributed by atoms with E-state index in [-0.39, 0.29) is 0 Å². The zero-order valence-electron chi connectivity index (χ0n) is 13.2. The number of hydrogen-bond donors (Lipinski definition) is 3. The predicted octanol–water partition coefficient (Wildman–Crippen LogP) is 3.55. The van der Waals surface area contributed by atoms with Crippen molar-refractivity contribution in [2.45, 2.75) is 26.5 Å². The van der Waals surface area contributed by atoms with Crippen molar-refractivity contribution >= 4 is 34.8 Å². The van der Waals surface area contributed by atoms with E-state index in [4.69, 9.17) is 12.2 Å². The Morgan fingerprint density at radius 2 is 2.14 bits per heavy atom. The zero-order valence-corrected chi connectivity index (χ0v) is 14.8. The van der Waals surface area contributed by atoms with E-state index in [1.54, 1.807) is 6.33 Å². The first-order valence-electron chi connectivity index (χ1n) is 7.25. The maximum absolute atomic E-state index is 5.34. The second-order valence-electron chi connectivity index (χ2n) is 5.16. The summed E-state index contributed by atoms with van der Waals surface area (Å²) in [5.41, 5.74) is 5.83. The fourth-order valence-corrected chi connectivity index (χ4v) is 3.08. The minimum Gasteiger partial charge on any atom is -0.362 e. The Hall–Kier alpha value is -1.53. The molecule has 4 nitrogen and oxygen atoms in total. The molecule has 0 spiro atoms. The van der Waals surface area contributed by atoms with Gasteiger partial charge in [-0.1, -0.05) is 12.1 Å². The van der Waals surface area contributed by atoms with Crippen molar-refractivity contribution in [3.8, 4) is 0 Å². The van der Waals surface area contributed by atoms with Crippen molar-refractivity contribution < 1.29 is 0 Å². The topological polar surface area (TPSA) is 52.7 Å². The molecule has 1 aromatic heterocycles. The van der Waals surface area contributed by atoms with E-state index in [2.05, 4.69) is 40.5 Å². The lowest BCUT2D eigenvalue weighted by molar-refractivity contribution is 0.988. The first-order chi connectivity index (χ1) is 10.6. The number of aromatic nitrogens is 2. The maximum Gasteiger partial charge on any atom is 0.170 e. The Balaban J connectivity index is 1.68. The number of benzene rings is 1. The molecule has 1 heterocycles. The van der Waals surface area contributed by atoms with Crippen molar-refractivity contribution in [1.29, 1.82) is 0 Å². The van der Waals surface area contributed by atoms with Crippen LogP contribution < -0.4 is 10.6 Å². The van der Waals surface area contributed by atoms with Gasteiger partial charge in [0.2, 0.25) is 0 Å². The first kappa shape index (κ1) is 16.8. The van der Waals surface area contributed by atoms with Crippen LogP contribution in [0.15, 0.2) is 24.5 Å². The van der Waals surface area contributed by atoms with Crippen LogP contribution in [0.3, 0.4) is 0 Å². The van der Waals surface area contributed by atoms with Gasteiger partial charge in [-0.2, -0.15) is 11.8 Å². The number of nitrogens with zero attached hydrogens (tertiary/aromatic N) is 1. The largest absolute Gasteiger partial charge is 0.362 e. The highest BCUT2D eigenvalue weighted by Crippen LogP contribution is 2.17. The molecule has 0 bridgehead atoms. The molecular weight excluding hydrogens is 312 g/mol. The van der Waals surface area contributed by atoms with Crippen LogP contribution in [0, 0.1) is 20.8 Å². The summed E-state index contributed by atoms with van der Waals surface area (Å²) in [4.78, 5) is 7.38. The molecule has 0 saturated carbocycles. The highest BCUT2D eigenvalue weighted by Gasteiger charge is 2.03. The number of thiocarbonyl (C=S) groups is 1. The van der Waals surface area contributed by atoms with Gasteiger partial charge in [-0.15, -0.1) is 0 Å². The van der Waals surface area contributed by atoms with Crippen LogP contribution in [0.5, 0.6) is 0 Å².